The van der Waals surface area contributed by atoms with Crippen LogP contribution in [0.1, 0.15) is 22.3 Å². The van der Waals surface area contributed by atoms with Gasteiger partial charge in [-0.3, -0.25) is 19.3 Å². The minimum Gasteiger partial charge on any atom is -0.452 e. The molecule has 1 aliphatic heterocycles. The molecule has 0 unspecified atom stereocenters. The first-order valence-corrected chi connectivity index (χ1v) is 11.9. The number of ether oxygens (including phenoxy) is 1. The quantitative estimate of drug-likeness (QED) is 0.383. The van der Waals surface area contributed by atoms with E-state index in [4.69, 9.17) is 27.9 Å². The van der Waals surface area contributed by atoms with E-state index in [1.807, 2.05) is 19.1 Å². The number of halogens is 2. The second kappa shape index (κ2) is 8.71. The number of fused-ring (bicyclic) bond motifs is 5. The van der Waals surface area contributed by atoms with Gasteiger partial charge in [-0.25, -0.2) is 4.79 Å². The molecule has 0 aromatic heterocycles. The van der Waals surface area contributed by atoms with Crippen molar-refractivity contribution in [2.24, 2.45) is 23.7 Å². The Bertz CT molecular complexity index is 1170. The summed E-state index contributed by atoms with van der Waals surface area (Å²) in [6.45, 7) is 1.38. The predicted molar refractivity (Wildman–Crippen MR) is 127 cm³/mol. The molecule has 2 saturated carbocycles. The molecule has 3 fully saturated rings. The third-order valence-electron chi connectivity index (χ3n) is 7.08. The van der Waals surface area contributed by atoms with Crippen molar-refractivity contribution in [2.45, 2.75) is 24.1 Å². The summed E-state index contributed by atoms with van der Waals surface area (Å²) in [5.41, 5.74) is 1.94. The van der Waals surface area contributed by atoms with Gasteiger partial charge in [0.1, 0.15) is 0 Å². The number of hydrogen-bond acceptors (Lipinski definition) is 5. The number of anilines is 2. The van der Waals surface area contributed by atoms with Crippen LogP contribution >= 0.6 is 23.2 Å². The SMILES string of the molecule is Cc1ccccc1NC(=O)COC(=O)c1cccc(N2C(=O)[C@@H]3[C@H]4C[C@@H]([C@@H](Cl)[C@H]4Cl)[C@H]3C2=O)c1. The Morgan fingerprint density at radius 1 is 1.00 bits per heavy atom. The summed E-state index contributed by atoms with van der Waals surface area (Å²) in [6, 6.07) is 13.3. The molecular formula is C25H22Cl2N2O5. The molecule has 9 heteroatoms. The van der Waals surface area contributed by atoms with Crippen LogP contribution in [-0.2, 0) is 19.1 Å². The van der Waals surface area contributed by atoms with Crippen LogP contribution < -0.4 is 10.2 Å². The van der Waals surface area contributed by atoms with Crippen LogP contribution in [0.5, 0.6) is 0 Å². The largest absolute Gasteiger partial charge is 0.452 e. The Balaban J connectivity index is 1.27. The number of nitrogens with zero attached hydrogens (tertiary/aromatic N) is 1. The number of amides is 3. The fourth-order valence-electron chi connectivity index (χ4n) is 5.49. The van der Waals surface area contributed by atoms with E-state index in [9.17, 15) is 19.2 Å². The second-order valence-corrected chi connectivity index (χ2v) is 10.0. The molecule has 2 aromatic rings. The van der Waals surface area contributed by atoms with Gasteiger partial charge < -0.3 is 10.1 Å². The molecule has 5 rings (SSSR count). The zero-order valence-corrected chi connectivity index (χ0v) is 19.8. The molecule has 2 bridgehead atoms. The molecule has 6 atom stereocenters. The standard InChI is InChI=1S/C25H22Cl2N2O5/c1-12-5-2-3-8-17(12)28-18(30)11-34-25(33)13-6-4-7-14(9-13)29-23(31)19-15-10-16(20(19)24(29)32)22(27)21(15)26/h2-9,15-16,19-22H,10-11H2,1H3,(H,28,30)/t15-,16-,19-,20-,21-,22+/m1/s1. The lowest BCUT2D eigenvalue weighted by Crippen LogP contribution is -2.37. The van der Waals surface area contributed by atoms with E-state index in [1.165, 1.54) is 12.1 Å². The molecule has 1 N–H and O–H groups in total. The number of imide groups is 1. The normalized spacial score (nSPS) is 29.3. The number of rotatable bonds is 5. The van der Waals surface area contributed by atoms with Gasteiger partial charge in [0.15, 0.2) is 6.61 Å². The van der Waals surface area contributed by atoms with Crippen LogP contribution in [0, 0.1) is 30.6 Å². The number of esters is 1. The number of nitrogens with one attached hydrogen (secondary N) is 1. The molecule has 0 radical (unpaired) electrons. The maximum Gasteiger partial charge on any atom is 0.338 e. The summed E-state index contributed by atoms with van der Waals surface area (Å²) >= 11 is 12.8. The summed E-state index contributed by atoms with van der Waals surface area (Å²) in [6.07, 6.45) is 0.680. The fourth-order valence-corrected chi connectivity index (χ4v) is 6.38. The number of carbonyl (C=O) groups is 4. The fraction of sp³-hybridized carbons (Fsp3) is 0.360. The Morgan fingerprint density at radius 2 is 1.65 bits per heavy atom. The summed E-state index contributed by atoms with van der Waals surface area (Å²) < 4.78 is 5.15. The first kappa shape index (κ1) is 22.9. The van der Waals surface area contributed by atoms with Crippen LogP contribution in [0.15, 0.2) is 48.5 Å². The van der Waals surface area contributed by atoms with Crippen molar-refractivity contribution in [3.05, 3.63) is 59.7 Å². The Kier molecular flexibility index (Phi) is 5.86. The van der Waals surface area contributed by atoms with Crippen molar-refractivity contribution in [1.82, 2.24) is 0 Å². The lowest BCUT2D eigenvalue weighted by atomic mass is 9.80. The zero-order chi connectivity index (χ0) is 24.1. The van der Waals surface area contributed by atoms with Crippen molar-refractivity contribution in [3.63, 3.8) is 0 Å². The maximum absolute atomic E-state index is 13.2. The van der Waals surface area contributed by atoms with Crippen LogP contribution in [0.2, 0.25) is 0 Å². The van der Waals surface area contributed by atoms with Gasteiger partial charge in [-0.2, -0.15) is 0 Å². The zero-order valence-electron chi connectivity index (χ0n) is 18.2. The van der Waals surface area contributed by atoms with Crippen molar-refractivity contribution < 1.29 is 23.9 Å². The minimum absolute atomic E-state index is 0.125. The highest BCUT2D eigenvalue weighted by molar-refractivity contribution is 6.32. The average Bonchev–Trinajstić information content (AvgIpc) is 3.44. The molecule has 34 heavy (non-hydrogen) atoms. The van der Waals surface area contributed by atoms with Gasteiger partial charge in [-0.15, -0.1) is 23.2 Å². The first-order valence-electron chi connectivity index (χ1n) is 11.1. The first-order chi connectivity index (χ1) is 16.3. The number of para-hydroxylation sites is 1. The van der Waals surface area contributed by atoms with Crippen molar-refractivity contribution >= 4 is 58.3 Å². The summed E-state index contributed by atoms with van der Waals surface area (Å²) in [5.74, 6) is -3.02. The molecule has 1 saturated heterocycles. The average molecular weight is 501 g/mol. The molecule has 0 spiro atoms. The topological polar surface area (TPSA) is 92.8 Å². The summed E-state index contributed by atoms with van der Waals surface area (Å²) in [4.78, 5) is 52.2. The van der Waals surface area contributed by atoms with E-state index in [0.29, 0.717) is 17.8 Å². The molecule has 2 aromatic carbocycles. The van der Waals surface area contributed by atoms with Gasteiger partial charge >= 0.3 is 5.97 Å². The highest BCUT2D eigenvalue weighted by Gasteiger charge is 2.66. The second-order valence-electron chi connectivity index (χ2n) is 9.01. The van der Waals surface area contributed by atoms with E-state index in [0.717, 1.165) is 10.5 Å². The molecule has 176 valence electrons. The van der Waals surface area contributed by atoms with Crippen molar-refractivity contribution in [3.8, 4) is 0 Å². The van der Waals surface area contributed by atoms with Crippen LogP contribution in [0.3, 0.4) is 0 Å². The maximum atomic E-state index is 13.2. The number of alkyl halides is 2. The molecule has 3 amide bonds. The summed E-state index contributed by atoms with van der Waals surface area (Å²) in [5, 5.41) is 2.02. The van der Waals surface area contributed by atoms with Gasteiger partial charge in [0, 0.05) is 5.69 Å². The van der Waals surface area contributed by atoms with Crippen LogP contribution in [0.25, 0.3) is 0 Å². The Labute approximate surface area is 206 Å². The van der Waals surface area contributed by atoms with Crippen molar-refractivity contribution in [2.75, 3.05) is 16.8 Å². The lowest BCUT2D eigenvalue weighted by molar-refractivity contribution is -0.123. The van der Waals surface area contributed by atoms with Gasteiger partial charge in [-0.05, 0) is 55.0 Å². The summed E-state index contributed by atoms with van der Waals surface area (Å²) in [7, 11) is 0. The smallest absolute Gasteiger partial charge is 0.338 e. The van der Waals surface area contributed by atoms with Gasteiger partial charge in [0.25, 0.3) is 5.91 Å². The van der Waals surface area contributed by atoms with Gasteiger partial charge in [0.05, 0.1) is 33.8 Å². The van der Waals surface area contributed by atoms with Crippen LogP contribution in [-0.4, -0.2) is 41.1 Å². The van der Waals surface area contributed by atoms with E-state index >= 15 is 0 Å². The van der Waals surface area contributed by atoms with E-state index in [2.05, 4.69) is 5.32 Å². The Morgan fingerprint density at radius 3 is 2.29 bits per heavy atom. The molecule has 2 aliphatic carbocycles. The number of carbonyl (C=O) groups excluding carboxylic acids is 4. The number of benzene rings is 2. The third kappa shape index (κ3) is 3.67. The monoisotopic (exact) mass is 500 g/mol. The van der Waals surface area contributed by atoms with Gasteiger partial charge in [0.2, 0.25) is 11.8 Å². The number of aryl methyl sites for hydroxylation is 1. The van der Waals surface area contributed by atoms with Gasteiger partial charge in [-0.1, -0.05) is 24.3 Å². The molecule has 1 heterocycles. The van der Waals surface area contributed by atoms with Crippen molar-refractivity contribution in [1.29, 1.82) is 0 Å². The van der Waals surface area contributed by atoms with Crippen LogP contribution in [0.4, 0.5) is 11.4 Å². The van der Waals surface area contributed by atoms with E-state index < -0.39 is 30.3 Å². The molecule has 7 nitrogen and oxygen atoms in total. The molecule has 3 aliphatic rings. The highest BCUT2D eigenvalue weighted by Crippen LogP contribution is 2.59. The molecular weight excluding hydrogens is 479 g/mol. The third-order valence-corrected chi connectivity index (χ3v) is 8.40. The lowest BCUT2D eigenvalue weighted by Gasteiger charge is -2.28. The van der Waals surface area contributed by atoms with E-state index in [1.54, 1.807) is 24.3 Å². The Hall–Kier alpha value is -2.90. The highest BCUT2D eigenvalue weighted by atomic mass is 35.5. The number of hydrogen-bond donors (Lipinski definition) is 1. The predicted octanol–water partition coefficient (Wildman–Crippen LogP) is 3.76. The van der Waals surface area contributed by atoms with E-state index in [-0.39, 0.29) is 40.0 Å². The minimum atomic E-state index is -0.734.